The number of nitrogens with one attached hydrogen (secondary N) is 1. The maximum atomic E-state index is 11.0. The van der Waals surface area contributed by atoms with E-state index < -0.39 is 0 Å². The number of fused-ring (bicyclic) bond motifs is 1. The lowest BCUT2D eigenvalue weighted by Crippen LogP contribution is -2.47. The summed E-state index contributed by atoms with van der Waals surface area (Å²) in [4.78, 5) is 11.0. The van der Waals surface area contributed by atoms with Crippen LogP contribution in [0, 0.1) is 11.8 Å². The highest BCUT2D eigenvalue weighted by molar-refractivity contribution is 5.79. The quantitative estimate of drug-likeness (QED) is 0.768. The highest BCUT2D eigenvalue weighted by atomic mass is 16.1. The molecular weight excluding hydrogens is 200 g/mol. The predicted molar refractivity (Wildman–Crippen MR) is 64.9 cm³/mol. The molecule has 0 heterocycles. The molecular formula is C13H24N2O. The van der Waals surface area contributed by atoms with Crippen molar-refractivity contribution in [1.82, 2.24) is 5.32 Å². The average Bonchev–Trinajstić information content (AvgIpc) is 2.28. The van der Waals surface area contributed by atoms with Crippen LogP contribution in [0.2, 0.25) is 0 Å². The molecule has 0 aromatic heterocycles. The van der Waals surface area contributed by atoms with Crippen LogP contribution in [-0.2, 0) is 4.79 Å². The Bertz CT molecular complexity index is 254. The lowest BCUT2D eigenvalue weighted by molar-refractivity contribution is -0.119. The van der Waals surface area contributed by atoms with Crippen molar-refractivity contribution < 1.29 is 4.79 Å². The van der Waals surface area contributed by atoms with Gasteiger partial charge >= 0.3 is 0 Å². The molecule has 3 heteroatoms. The number of carbonyl (C=O) groups excluding carboxylic acids is 1. The fourth-order valence-electron chi connectivity index (χ4n) is 3.46. The Morgan fingerprint density at radius 1 is 1.19 bits per heavy atom. The molecule has 0 aromatic rings. The molecule has 4 atom stereocenters. The lowest BCUT2D eigenvalue weighted by atomic mass is 9.69. The number of nitrogens with two attached hydrogens (primary N) is 1. The van der Waals surface area contributed by atoms with Crippen molar-refractivity contribution in [3.8, 4) is 0 Å². The number of hydrogen-bond donors (Lipinski definition) is 2. The summed E-state index contributed by atoms with van der Waals surface area (Å²) in [5, 5.41) is 3.38. The average molecular weight is 224 g/mol. The van der Waals surface area contributed by atoms with Crippen molar-refractivity contribution in [3.63, 3.8) is 0 Å². The Balaban J connectivity index is 1.83. The van der Waals surface area contributed by atoms with Crippen LogP contribution in [0.3, 0.4) is 0 Å². The minimum atomic E-state index is -0.231. The van der Waals surface area contributed by atoms with E-state index in [9.17, 15) is 4.79 Å². The molecule has 92 valence electrons. The molecule has 1 amide bonds. The first-order chi connectivity index (χ1) is 7.66. The van der Waals surface area contributed by atoms with Crippen molar-refractivity contribution >= 4 is 5.91 Å². The second kappa shape index (κ2) is 5.17. The molecule has 3 nitrogen and oxygen atoms in total. The van der Waals surface area contributed by atoms with Gasteiger partial charge in [-0.1, -0.05) is 25.7 Å². The van der Waals surface area contributed by atoms with Gasteiger partial charge in [-0.25, -0.2) is 0 Å². The van der Waals surface area contributed by atoms with Crippen LogP contribution in [0.4, 0.5) is 0 Å². The summed E-state index contributed by atoms with van der Waals surface area (Å²) < 4.78 is 0. The predicted octanol–water partition coefficient (Wildman–Crippen LogP) is 1.81. The van der Waals surface area contributed by atoms with Crippen LogP contribution >= 0.6 is 0 Å². The molecule has 4 unspecified atom stereocenters. The van der Waals surface area contributed by atoms with Crippen LogP contribution in [0.5, 0.6) is 0 Å². The van der Waals surface area contributed by atoms with Crippen LogP contribution in [0.1, 0.15) is 51.9 Å². The van der Waals surface area contributed by atoms with E-state index in [4.69, 9.17) is 5.73 Å². The van der Waals surface area contributed by atoms with Gasteiger partial charge in [-0.15, -0.1) is 0 Å². The van der Waals surface area contributed by atoms with Gasteiger partial charge in [-0.3, -0.25) is 4.79 Å². The van der Waals surface area contributed by atoms with E-state index in [1.807, 2.05) is 6.92 Å². The number of primary amides is 1. The summed E-state index contributed by atoms with van der Waals surface area (Å²) >= 11 is 0. The molecule has 0 spiro atoms. The maximum absolute atomic E-state index is 11.0. The second-order valence-corrected chi connectivity index (χ2v) is 5.61. The smallest absolute Gasteiger partial charge is 0.234 e. The molecule has 0 bridgehead atoms. The summed E-state index contributed by atoms with van der Waals surface area (Å²) in [6, 6.07) is 0.340. The van der Waals surface area contributed by atoms with E-state index in [1.54, 1.807) is 0 Å². The molecule has 3 N–H and O–H groups in total. The number of carbonyl (C=O) groups is 1. The van der Waals surface area contributed by atoms with Crippen molar-refractivity contribution in [3.05, 3.63) is 0 Å². The molecule has 16 heavy (non-hydrogen) atoms. The first-order valence-corrected chi connectivity index (χ1v) is 6.72. The normalized spacial score (nSPS) is 36.4. The summed E-state index contributed by atoms with van der Waals surface area (Å²) in [6.45, 7) is 1.87. The van der Waals surface area contributed by atoms with Crippen molar-refractivity contribution in [2.24, 2.45) is 17.6 Å². The van der Waals surface area contributed by atoms with Crippen molar-refractivity contribution in [2.75, 3.05) is 0 Å². The zero-order valence-electron chi connectivity index (χ0n) is 10.2. The number of rotatable bonds is 3. The Morgan fingerprint density at radius 3 is 2.56 bits per heavy atom. The minimum absolute atomic E-state index is 0.176. The van der Waals surface area contributed by atoms with Crippen LogP contribution in [-0.4, -0.2) is 18.0 Å². The number of hydrogen-bond acceptors (Lipinski definition) is 2. The van der Waals surface area contributed by atoms with E-state index in [1.165, 1.54) is 44.9 Å². The summed E-state index contributed by atoms with van der Waals surface area (Å²) in [6.07, 6.45) is 9.47. The molecule has 2 saturated carbocycles. The molecule has 2 aliphatic rings. The topological polar surface area (TPSA) is 55.1 Å². The third kappa shape index (κ3) is 2.76. The van der Waals surface area contributed by atoms with Crippen LogP contribution < -0.4 is 11.1 Å². The molecule has 0 radical (unpaired) electrons. The third-order valence-corrected chi connectivity index (χ3v) is 4.45. The maximum Gasteiger partial charge on any atom is 0.234 e. The largest absolute Gasteiger partial charge is 0.368 e. The Morgan fingerprint density at radius 2 is 1.88 bits per heavy atom. The molecule has 0 aliphatic heterocycles. The monoisotopic (exact) mass is 224 g/mol. The second-order valence-electron chi connectivity index (χ2n) is 5.61. The van der Waals surface area contributed by atoms with Gasteiger partial charge < -0.3 is 11.1 Å². The highest BCUT2D eigenvalue weighted by Crippen LogP contribution is 2.40. The van der Waals surface area contributed by atoms with E-state index in [2.05, 4.69) is 5.32 Å². The van der Waals surface area contributed by atoms with E-state index >= 15 is 0 Å². The van der Waals surface area contributed by atoms with Gasteiger partial charge in [0.15, 0.2) is 0 Å². The van der Waals surface area contributed by atoms with E-state index in [-0.39, 0.29) is 11.9 Å². The molecule has 2 rings (SSSR count). The van der Waals surface area contributed by atoms with Crippen LogP contribution in [0.15, 0.2) is 0 Å². The zero-order chi connectivity index (χ0) is 11.5. The molecule has 2 aliphatic carbocycles. The van der Waals surface area contributed by atoms with Gasteiger partial charge in [-0.2, -0.15) is 0 Å². The Labute approximate surface area is 98.2 Å². The molecule has 0 aromatic carbocycles. The Hall–Kier alpha value is -0.570. The van der Waals surface area contributed by atoms with Gasteiger partial charge in [-0.05, 0) is 38.0 Å². The Kier molecular flexibility index (Phi) is 3.85. The van der Waals surface area contributed by atoms with Crippen molar-refractivity contribution in [1.29, 1.82) is 0 Å². The lowest BCUT2D eigenvalue weighted by Gasteiger charge is -2.40. The summed E-state index contributed by atoms with van der Waals surface area (Å²) in [5.41, 5.74) is 5.28. The van der Waals surface area contributed by atoms with Gasteiger partial charge in [0, 0.05) is 6.04 Å². The first kappa shape index (κ1) is 11.9. The van der Waals surface area contributed by atoms with Gasteiger partial charge in [0.05, 0.1) is 6.04 Å². The summed E-state index contributed by atoms with van der Waals surface area (Å²) in [5.74, 6) is 1.64. The van der Waals surface area contributed by atoms with E-state index in [0.29, 0.717) is 6.04 Å². The third-order valence-electron chi connectivity index (χ3n) is 4.45. The fourth-order valence-corrected chi connectivity index (χ4v) is 3.46. The molecule has 2 fully saturated rings. The van der Waals surface area contributed by atoms with E-state index in [0.717, 1.165) is 11.8 Å². The van der Waals surface area contributed by atoms with Crippen molar-refractivity contribution in [2.45, 2.75) is 64.0 Å². The van der Waals surface area contributed by atoms with Crippen LogP contribution in [0.25, 0.3) is 0 Å². The van der Waals surface area contributed by atoms with Gasteiger partial charge in [0.25, 0.3) is 0 Å². The molecule has 0 saturated heterocycles. The minimum Gasteiger partial charge on any atom is -0.368 e. The standard InChI is InChI=1S/C13H24N2O/c1-9(13(14)16)15-12-7-6-10-4-2-3-5-11(10)8-12/h9-12,15H,2-8H2,1H3,(H2,14,16). The van der Waals surface area contributed by atoms with Gasteiger partial charge in [0.2, 0.25) is 5.91 Å². The first-order valence-electron chi connectivity index (χ1n) is 6.72. The highest BCUT2D eigenvalue weighted by Gasteiger charge is 2.32. The summed E-state index contributed by atoms with van der Waals surface area (Å²) in [7, 11) is 0. The SMILES string of the molecule is CC(NC1CCC2CCCCC2C1)C(N)=O. The number of amides is 1. The zero-order valence-corrected chi connectivity index (χ0v) is 10.2. The van der Waals surface area contributed by atoms with Gasteiger partial charge in [0.1, 0.15) is 0 Å². The fraction of sp³-hybridized carbons (Fsp3) is 0.923.